The number of fused-ring (bicyclic) bond motifs is 1. The minimum atomic E-state index is -3.44. The van der Waals surface area contributed by atoms with Gasteiger partial charge in [-0.2, -0.15) is 0 Å². The topological polar surface area (TPSA) is 89.3 Å². The van der Waals surface area contributed by atoms with Crippen molar-refractivity contribution in [2.24, 2.45) is 4.99 Å². The fourth-order valence-electron chi connectivity index (χ4n) is 1.26. The zero-order valence-corrected chi connectivity index (χ0v) is 8.65. The third-order valence-electron chi connectivity index (χ3n) is 1.86. The van der Waals surface area contributed by atoms with Crippen molar-refractivity contribution in [3.63, 3.8) is 0 Å². The van der Waals surface area contributed by atoms with Crippen LogP contribution in [-0.2, 0) is 14.6 Å². The molecule has 0 saturated carbocycles. The highest BCUT2D eigenvalue weighted by molar-refractivity contribution is 7.90. The van der Waals surface area contributed by atoms with Crippen LogP contribution < -0.4 is 10.7 Å². The van der Waals surface area contributed by atoms with Gasteiger partial charge >= 0.3 is 0 Å². The van der Waals surface area contributed by atoms with E-state index in [9.17, 15) is 13.2 Å². The summed E-state index contributed by atoms with van der Waals surface area (Å²) in [5, 5.41) is 0.317. The average Bonchev–Trinajstić information content (AvgIpc) is 2.15. The van der Waals surface area contributed by atoms with Crippen molar-refractivity contribution in [3.8, 4) is 0 Å². The van der Waals surface area contributed by atoms with Gasteiger partial charge in [-0.25, -0.2) is 18.4 Å². The first kappa shape index (κ1) is 9.91. The summed E-state index contributed by atoms with van der Waals surface area (Å²) < 4.78 is 22.7. The van der Waals surface area contributed by atoms with Crippen LogP contribution in [0.25, 0.3) is 6.08 Å². The molecule has 0 bridgehead atoms. The number of rotatable bonds is 1. The molecule has 1 aliphatic rings. The first-order valence-electron chi connectivity index (χ1n) is 4.08. The van der Waals surface area contributed by atoms with Crippen LogP contribution in [0.1, 0.15) is 0 Å². The maximum Gasteiger partial charge on any atom is 0.195 e. The van der Waals surface area contributed by atoms with E-state index in [1.807, 2.05) is 0 Å². The summed E-state index contributed by atoms with van der Waals surface area (Å²) >= 11 is 0. The molecular weight excluding hydrogens is 218 g/mol. The number of sulfone groups is 1. The highest BCUT2D eigenvalue weighted by Crippen LogP contribution is 1.95. The smallest absolute Gasteiger partial charge is 0.195 e. The predicted octanol–water partition coefficient (Wildman–Crippen LogP) is -2.14. The van der Waals surface area contributed by atoms with Crippen molar-refractivity contribution in [1.29, 1.82) is 0 Å². The number of hydrogen-bond donors (Lipinski definition) is 0. The quantitative estimate of drug-likeness (QED) is 0.509. The van der Waals surface area contributed by atoms with Gasteiger partial charge in [0.25, 0.3) is 0 Å². The molecule has 2 heterocycles. The second-order valence-corrected chi connectivity index (χ2v) is 5.04. The van der Waals surface area contributed by atoms with Gasteiger partial charge in [-0.05, 0) is 0 Å². The van der Waals surface area contributed by atoms with E-state index in [-0.39, 0.29) is 28.1 Å². The molecule has 0 atom stereocenters. The van der Waals surface area contributed by atoms with Crippen LogP contribution in [0.3, 0.4) is 0 Å². The molecule has 0 spiro atoms. The lowest BCUT2D eigenvalue weighted by molar-refractivity contribution is -0.112. The summed E-state index contributed by atoms with van der Waals surface area (Å²) in [5.74, 6) is -0.194. The maximum absolute atomic E-state index is 11.3. The van der Waals surface area contributed by atoms with Gasteiger partial charge in [-0.3, -0.25) is 9.79 Å². The van der Waals surface area contributed by atoms with Crippen LogP contribution in [0, 0.1) is 0 Å². The van der Waals surface area contributed by atoms with Gasteiger partial charge in [-0.15, -0.1) is 0 Å². The summed E-state index contributed by atoms with van der Waals surface area (Å²) in [4.78, 5) is 22.3. The third kappa shape index (κ3) is 1.78. The molecule has 0 fully saturated rings. The van der Waals surface area contributed by atoms with Crippen molar-refractivity contribution in [2.75, 3.05) is 12.8 Å². The van der Waals surface area contributed by atoms with Crippen LogP contribution in [-0.4, -0.2) is 37.0 Å². The summed E-state index contributed by atoms with van der Waals surface area (Å²) in [6.07, 6.45) is 3.43. The molecule has 0 N–H and O–H groups in total. The molecule has 0 unspecified atom stereocenters. The third-order valence-corrected chi connectivity index (χ3v) is 2.86. The largest absolute Gasteiger partial charge is 0.293 e. The van der Waals surface area contributed by atoms with Crippen LogP contribution in [0.15, 0.2) is 16.3 Å². The number of carbonyl (C=O) groups is 1. The molecule has 0 radical (unpaired) electrons. The Morgan fingerprint density at radius 1 is 1.33 bits per heavy atom. The van der Waals surface area contributed by atoms with Crippen LogP contribution in [0.4, 0.5) is 0 Å². The molecule has 78 valence electrons. The van der Waals surface area contributed by atoms with Crippen LogP contribution in [0.5, 0.6) is 0 Å². The van der Waals surface area contributed by atoms with E-state index in [4.69, 9.17) is 0 Å². The van der Waals surface area contributed by atoms with Crippen molar-refractivity contribution >= 4 is 21.7 Å². The number of carbonyl (C=O) groups excluding carboxylic acids is 1. The van der Waals surface area contributed by atoms with Crippen molar-refractivity contribution < 1.29 is 13.2 Å². The first-order valence-corrected chi connectivity index (χ1v) is 5.98. The lowest BCUT2D eigenvalue weighted by Crippen LogP contribution is -2.38. The molecule has 0 aliphatic carbocycles. The first-order chi connectivity index (χ1) is 6.98. The molecule has 0 saturated heterocycles. The van der Waals surface area contributed by atoms with Gasteiger partial charge in [0.1, 0.15) is 18.2 Å². The minimum Gasteiger partial charge on any atom is -0.293 e. The zero-order valence-electron chi connectivity index (χ0n) is 7.84. The molecule has 0 amide bonds. The lowest BCUT2D eigenvalue weighted by atomic mass is 10.3. The van der Waals surface area contributed by atoms with Gasteiger partial charge in [0.05, 0.1) is 5.35 Å². The molecule has 7 heteroatoms. The highest BCUT2D eigenvalue weighted by Gasteiger charge is 2.15. The Balaban J connectivity index is 2.91. The maximum atomic E-state index is 11.3. The van der Waals surface area contributed by atoms with E-state index in [1.165, 1.54) is 6.08 Å². The molecule has 1 aromatic heterocycles. The van der Waals surface area contributed by atoms with Gasteiger partial charge < -0.3 is 0 Å². The molecule has 2 rings (SSSR count). The standard InChI is InChI=1S/C8H7N3O3S/c1-15(13,14)8-7-6(10-4-11-8)2-5(12)3-9-7/h2,4H,3H2,1H3. The lowest BCUT2D eigenvalue weighted by Gasteiger charge is -2.01. The molecular formula is C8H7N3O3S. The van der Waals surface area contributed by atoms with E-state index in [0.29, 0.717) is 0 Å². The van der Waals surface area contributed by atoms with E-state index in [0.717, 1.165) is 12.6 Å². The summed E-state index contributed by atoms with van der Waals surface area (Å²) in [5.41, 5.74) is 0. The SMILES string of the molecule is CS(=O)(=O)c1ncnc2c1=NCC(=O)C=2. The number of aromatic nitrogens is 2. The van der Waals surface area contributed by atoms with Gasteiger partial charge in [0.2, 0.25) is 0 Å². The normalized spacial score (nSPS) is 15.1. The van der Waals surface area contributed by atoms with E-state index in [1.54, 1.807) is 0 Å². The van der Waals surface area contributed by atoms with Crippen molar-refractivity contribution in [2.45, 2.75) is 5.03 Å². The van der Waals surface area contributed by atoms with E-state index >= 15 is 0 Å². The molecule has 0 aromatic carbocycles. The number of hydrogen-bond acceptors (Lipinski definition) is 6. The fourth-order valence-corrected chi connectivity index (χ4v) is 2.02. The second kappa shape index (κ2) is 3.20. The van der Waals surface area contributed by atoms with Crippen molar-refractivity contribution in [3.05, 3.63) is 17.0 Å². The summed E-state index contributed by atoms with van der Waals surface area (Å²) in [7, 11) is -3.44. The number of Topliss-reactive ketones (excluding diaryl/α,β-unsaturated/α-hetero) is 1. The van der Waals surface area contributed by atoms with Gasteiger partial charge in [0.15, 0.2) is 20.6 Å². The fraction of sp³-hybridized carbons (Fsp3) is 0.250. The minimum absolute atomic E-state index is 0.0527. The van der Waals surface area contributed by atoms with Gasteiger partial charge in [-0.1, -0.05) is 0 Å². The Labute approximate surface area is 85.3 Å². The second-order valence-electron chi connectivity index (χ2n) is 3.11. The van der Waals surface area contributed by atoms with E-state index < -0.39 is 9.84 Å². The van der Waals surface area contributed by atoms with Gasteiger partial charge in [0, 0.05) is 12.3 Å². The Hall–Kier alpha value is -1.63. The molecule has 1 aromatic rings. The zero-order chi connectivity index (χ0) is 11.1. The molecule has 6 nitrogen and oxygen atoms in total. The average molecular weight is 225 g/mol. The van der Waals surface area contributed by atoms with Crippen LogP contribution >= 0.6 is 0 Å². The number of ketones is 1. The highest BCUT2D eigenvalue weighted by atomic mass is 32.2. The molecule has 1 aliphatic heterocycles. The summed E-state index contributed by atoms with van der Waals surface area (Å²) in [6, 6.07) is 0. The Morgan fingerprint density at radius 3 is 2.73 bits per heavy atom. The molecule has 15 heavy (non-hydrogen) atoms. The Kier molecular flexibility index (Phi) is 2.11. The monoisotopic (exact) mass is 225 g/mol. The van der Waals surface area contributed by atoms with Crippen LogP contribution in [0.2, 0.25) is 0 Å². The number of nitrogens with zero attached hydrogens (tertiary/aromatic N) is 3. The Bertz CT molecular complexity index is 648. The summed E-state index contributed by atoms with van der Waals surface area (Å²) in [6.45, 7) is -0.0527. The van der Waals surface area contributed by atoms with E-state index in [2.05, 4.69) is 15.0 Å². The van der Waals surface area contributed by atoms with Crippen molar-refractivity contribution in [1.82, 2.24) is 9.97 Å². The predicted molar refractivity (Wildman–Crippen MR) is 50.3 cm³/mol. The Morgan fingerprint density at radius 2 is 2.07 bits per heavy atom.